The van der Waals surface area contributed by atoms with Gasteiger partial charge in [-0.15, -0.1) is 30.6 Å². The van der Waals surface area contributed by atoms with E-state index in [-0.39, 0.29) is 29.7 Å². The Bertz CT molecular complexity index is 436. The van der Waals surface area contributed by atoms with Gasteiger partial charge in [-0.05, 0) is 18.2 Å². The van der Waals surface area contributed by atoms with Gasteiger partial charge in [0.2, 0.25) is 0 Å². The molecule has 1 rings (SSSR count). The van der Waals surface area contributed by atoms with E-state index in [2.05, 4.69) is 22.2 Å². The predicted molar refractivity (Wildman–Crippen MR) is 88.5 cm³/mol. The molecule has 0 aliphatic rings. The molecule has 0 fully saturated rings. The van der Waals surface area contributed by atoms with Crippen LogP contribution in [-0.4, -0.2) is 31.8 Å². The molecule has 1 aromatic rings. The Morgan fingerprint density at radius 2 is 2.21 bits per heavy atom. The van der Waals surface area contributed by atoms with Crippen molar-refractivity contribution in [3.8, 4) is 11.5 Å². The highest BCUT2D eigenvalue weighted by molar-refractivity contribution is 14.0. The molecule has 5 nitrogen and oxygen atoms in total. The fourth-order valence-corrected chi connectivity index (χ4v) is 1.40. The average molecular weight is 377 g/mol. The molecule has 0 unspecified atom stereocenters. The van der Waals surface area contributed by atoms with Crippen LogP contribution in [0.4, 0.5) is 0 Å². The van der Waals surface area contributed by atoms with Gasteiger partial charge in [0.1, 0.15) is 11.5 Å². The van der Waals surface area contributed by atoms with Gasteiger partial charge < -0.3 is 20.5 Å². The lowest BCUT2D eigenvalue weighted by molar-refractivity contribution is 0.410. The third-order valence-electron chi connectivity index (χ3n) is 2.37. The maximum Gasteiger partial charge on any atom is 0.191 e. The number of hydrogen-bond donors (Lipinski definition) is 3. The molecule has 0 atom stereocenters. The van der Waals surface area contributed by atoms with Crippen LogP contribution in [0.15, 0.2) is 35.8 Å². The molecule has 0 radical (unpaired) electrons. The Morgan fingerprint density at radius 3 is 2.79 bits per heavy atom. The van der Waals surface area contributed by atoms with Crippen molar-refractivity contribution in [2.24, 2.45) is 4.99 Å². The highest BCUT2D eigenvalue weighted by Gasteiger charge is 2.04. The molecule has 1 aromatic carbocycles. The summed E-state index contributed by atoms with van der Waals surface area (Å²) in [5.41, 5.74) is 0.746. The van der Waals surface area contributed by atoms with Crippen molar-refractivity contribution < 1.29 is 9.84 Å². The van der Waals surface area contributed by atoms with Gasteiger partial charge in [-0.25, -0.2) is 0 Å². The summed E-state index contributed by atoms with van der Waals surface area (Å²) in [6.07, 6.45) is 1.75. The summed E-state index contributed by atoms with van der Waals surface area (Å²) in [5.74, 6) is 1.58. The van der Waals surface area contributed by atoms with Crippen LogP contribution < -0.4 is 15.4 Å². The van der Waals surface area contributed by atoms with E-state index in [0.29, 0.717) is 24.8 Å². The summed E-state index contributed by atoms with van der Waals surface area (Å²) in [6.45, 7) is 4.71. The number of benzene rings is 1. The molecule has 0 saturated carbocycles. The van der Waals surface area contributed by atoms with E-state index in [4.69, 9.17) is 4.74 Å². The van der Waals surface area contributed by atoms with E-state index in [1.165, 1.54) is 0 Å². The number of phenolic OH excluding ortho intramolecular Hbond substituents is 1. The van der Waals surface area contributed by atoms with Crippen LogP contribution in [-0.2, 0) is 6.54 Å². The second kappa shape index (κ2) is 9.48. The van der Waals surface area contributed by atoms with Gasteiger partial charge in [0, 0.05) is 25.7 Å². The molecule has 0 aromatic heterocycles. The van der Waals surface area contributed by atoms with Gasteiger partial charge in [-0.2, -0.15) is 0 Å². The van der Waals surface area contributed by atoms with Gasteiger partial charge >= 0.3 is 0 Å². The third kappa shape index (κ3) is 5.82. The SMILES string of the molecule is C=CCNC(=NC)NCc1cc(OC)ccc1O.I. The number of nitrogens with zero attached hydrogens (tertiary/aromatic N) is 1. The number of guanidine groups is 1. The lowest BCUT2D eigenvalue weighted by Crippen LogP contribution is -2.36. The number of aliphatic imine (C=N–C) groups is 1. The van der Waals surface area contributed by atoms with Crippen LogP contribution in [0, 0.1) is 0 Å². The fraction of sp³-hybridized carbons (Fsp3) is 0.308. The summed E-state index contributed by atoms with van der Waals surface area (Å²) < 4.78 is 5.11. The highest BCUT2D eigenvalue weighted by atomic mass is 127. The number of hydrogen-bond acceptors (Lipinski definition) is 3. The lowest BCUT2D eigenvalue weighted by Gasteiger charge is -2.12. The van der Waals surface area contributed by atoms with E-state index in [0.717, 1.165) is 5.56 Å². The second-order valence-corrected chi connectivity index (χ2v) is 3.59. The molecule has 3 N–H and O–H groups in total. The van der Waals surface area contributed by atoms with Crippen molar-refractivity contribution in [1.82, 2.24) is 10.6 Å². The van der Waals surface area contributed by atoms with E-state index in [9.17, 15) is 5.11 Å². The summed E-state index contributed by atoms with van der Waals surface area (Å²) in [5, 5.41) is 15.9. The van der Waals surface area contributed by atoms with Gasteiger partial charge in [0.15, 0.2) is 5.96 Å². The van der Waals surface area contributed by atoms with Crippen LogP contribution in [0.5, 0.6) is 11.5 Å². The number of halogens is 1. The predicted octanol–water partition coefficient (Wildman–Crippen LogP) is 1.87. The van der Waals surface area contributed by atoms with Crippen LogP contribution >= 0.6 is 24.0 Å². The molecule has 106 valence electrons. The van der Waals surface area contributed by atoms with Crippen LogP contribution in [0.25, 0.3) is 0 Å². The molecule has 0 saturated heterocycles. The number of nitrogens with one attached hydrogen (secondary N) is 2. The fourth-order valence-electron chi connectivity index (χ4n) is 1.40. The zero-order chi connectivity index (χ0) is 13.4. The van der Waals surface area contributed by atoms with Crippen LogP contribution in [0.2, 0.25) is 0 Å². The minimum Gasteiger partial charge on any atom is -0.508 e. The van der Waals surface area contributed by atoms with Gasteiger partial charge in [-0.3, -0.25) is 4.99 Å². The maximum absolute atomic E-state index is 9.72. The van der Waals surface area contributed by atoms with Crippen molar-refractivity contribution in [2.45, 2.75) is 6.54 Å². The zero-order valence-electron chi connectivity index (χ0n) is 11.1. The molecule has 0 spiro atoms. The third-order valence-corrected chi connectivity index (χ3v) is 2.37. The van der Waals surface area contributed by atoms with Gasteiger partial charge in [0.05, 0.1) is 7.11 Å². The minimum atomic E-state index is 0. The zero-order valence-corrected chi connectivity index (χ0v) is 13.5. The van der Waals surface area contributed by atoms with Crippen molar-refractivity contribution in [2.75, 3.05) is 20.7 Å². The summed E-state index contributed by atoms with van der Waals surface area (Å²) in [7, 11) is 3.28. The number of aromatic hydroxyl groups is 1. The largest absolute Gasteiger partial charge is 0.508 e. The molecule has 6 heteroatoms. The van der Waals surface area contributed by atoms with E-state index >= 15 is 0 Å². The first-order chi connectivity index (χ1) is 8.71. The molecule has 0 aliphatic carbocycles. The Labute approximate surface area is 130 Å². The maximum atomic E-state index is 9.72. The van der Waals surface area contributed by atoms with Crippen molar-refractivity contribution in [3.05, 3.63) is 36.4 Å². The quantitative estimate of drug-likeness (QED) is 0.317. The van der Waals surface area contributed by atoms with Crippen molar-refractivity contribution in [3.63, 3.8) is 0 Å². The average Bonchev–Trinajstić information content (AvgIpc) is 2.40. The highest BCUT2D eigenvalue weighted by Crippen LogP contribution is 2.22. The van der Waals surface area contributed by atoms with E-state index in [1.54, 1.807) is 38.4 Å². The first kappa shape index (κ1) is 17.6. The Balaban J connectivity index is 0.00000324. The van der Waals surface area contributed by atoms with Crippen LogP contribution in [0.1, 0.15) is 5.56 Å². The molecule has 0 amide bonds. The number of ether oxygens (including phenoxy) is 1. The van der Waals surface area contributed by atoms with Gasteiger partial charge in [-0.1, -0.05) is 6.08 Å². The topological polar surface area (TPSA) is 65.9 Å². The van der Waals surface area contributed by atoms with E-state index < -0.39 is 0 Å². The molecule has 0 bridgehead atoms. The Hall–Kier alpha value is -1.44. The monoisotopic (exact) mass is 377 g/mol. The molecule has 19 heavy (non-hydrogen) atoms. The van der Waals surface area contributed by atoms with E-state index in [1.807, 2.05) is 0 Å². The lowest BCUT2D eigenvalue weighted by atomic mass is 10.2. The number of rotatable bonds is 5. The standard InChI is InChI=1S/C13H19N3O2.HI/c1-4-7-15-13(14-2)16-9-10-8-11(18-3)5-6-12(10)17;/h4-6,8,17H,1,7,9H2,2-3H3,(H2,14,15,16);1H. The molecule has 0 heterocycles. The molecular formula is C13H20IN3O2. The Kier molecular flexibility index (Phi) is 8.77. The molecular weight excluding hydrogens is 357 g/mol. The number of methoxy groups -OCH3 is 1. The second-order valence-electron chi connectivity index (χ2n) is 3.59. The smallest absolute Gasteiger partial charge is 0.191 e. The molecule has 0 aliphatic heterocycles. The van der Waals surface area contributed by atoms with Crippen LogP contribution in [0.3, 0.4) is 0 Å². The van der Waals surface area contributed by atoms with Crippen molar-refractivity contribution >= 4 is 29.9 Å². The number of phenols is 1. The first-order valence-corrected chi connectivity index (χ1v) is 5.62. The first-order valence-electron chi connectivity index (χ1n) is 5.62. The van der Waals surface area contributed by atoms with Crippen molar-refractivity contribution in [1.29, 1.82) is 0 Å². The van der Waals surface area contributed by atoms with Gasteiger partial charge in [0.25, 0.3) is 0 Å². The Morgan fingerprint density at radius 1 is 1.47 bits per heavy atom. The normalized spacial score (nSPS) is 10.3. The summed E-state index contributed by atoms with van der Waals surface area (Å²) >= 11 is 0. The minimum absolute atomic E-state index is 0. The summed E-state index contributed by atoms with van der Waals surface area (Å²) in [6, 6.07) is 5.10. The summed E-state index contributed by atoms with van der Waals surface area (Å²) in [4.78, 5) is 4.05.